The van der Waals surface area contributed by atoms with Gasteiger partial charge in [0.1, 0.15) is 0 Å². The summed E-state index contributed by atoms with van der Waals surface area (Å²) in [6.07, 6.45) is -0.488. The van der Waals surface area contributed by atoms with Crippen molar-refractivity contribution in [2.45, 2.75) is 13.0 Å². The van der Waals surface area contributed by atoms with Crippen LogP contribution in [0.2, 0.25) is 10.0 Å². The number of anilines is 1. The lowest BCUT2D eigenvalue weighted by atomic mass is 10.3. The van der Waals surface area contributed by atoms with Crippen molar-refractivity contribution in [1.29, 1.82) is 0 Å². The number of benzene rings is 1. The zero-order valence-electron chi connectivity index (χ0n) is 7.52. The summed E-state index contributed by atoms with van der Waals surface area (Å²) >= 11 is 11.1. The minimum absolute atomic E-state index is 0.0365. The first-order valence-electron chi connectivity index (χ1n) is 4.07. The van der Waals surface area contributed by atoms with Crippen LogP contribution in [0, 0.1) is 5.82 Å². The predicted molar refractivity (Wildman–Crippen MR) is 56.6 cm³/mol. The van der Waals surface area contributed by atoms with E-state index < -0.39 is 11.9 Å². The summed E-state index contributed by atoms with van der Waals surface area (Å²) in [7, 11) is 0. The van der Waals surface area contributed by atoms with Gasteiger partial charge < -0.3 is 10.4 Å². The van der Waals surface area contributed by atoms with Gasteiger partial charge in [0, 0.05) is 12.2 Å². The first-order chi connectivity index (χ1) is 6.50. The Hall–Kier alpha value is -0.510. The van der Waals surface area contributed by atoms with Crippen LogP contribution >= 0.6 is 23.2 Å². The molecule has 0 saturated heterocycles. The molecule has 1 atom stereocenters. The van der Waals surface area contributed by atoms with Crippen LogP contribution in [0.5, 0.6) is 0 Å². The average molecular weight is 238 g/mol. The highest BCUT2D eigenvalue weighted by atomic mass is 35.5. The Morgan fingerprint density at radius 2 is 1.93 bits per heavy atom. The van der Waals surface area contributed by atoms with E-state index in [2.05, 4.69) is 5.32 Å². The van der Waals surface area contributed by atoms with Gasteiger partial charge in [0.25, 0.3) is 0 Å². The van der Waals surface area contributed by atoms with Crippen molar-refractivity contribution in [2.24, 2.45) is 0 Å². The molecule has 0 aromatic heterocycles. The molecule has 0 aliphatic carbocycles. The minimum atomic E-state index is -0.629. The van der Waals surface area contributed by atoms with E-state index in [1.54, 1.807) is 6.92 Å². The van der Waals surface area contributed by atoms with Crippen molar-refractivity contribution in [2.75, 3.05) is 11.9 Å². The standard InChI is InChI=1S/C9H10Cl2FNO/c1-5(14)4-13-6-2-7(10)9(12)8(11)3-6/h2-3,5,13-14H,4H2,1H3/t5-/m1/s1. The van der Waals surface area contributed by atoms with Gasteiger partial charge in [-0.1, -0.05) is 23.2 Å². The van der Waals surface area contributed by atoms with E-state index in [9.17, 15) is 4.39 Å². The van der Waals surface area contributed by atoms with E-state index >= 15 is 0 Å². The van der Waals surface area contributed by atoms with Crippen LogP contribution in [-0.4, -0.2) is 17.8 Å². The van der Waals surface area contributed by atoms with Gasteiger partial charge in [0.05, 0.1) is 16.1 Å². The Morgan fingerprint density at radius 1 is 1.43 bits per heavy atom. The van der Waals surface area contributed by atoms with Crippen molar-refractivity contribution in [3.05, 3.63) is 28.0 Å². The van der Waals surface area contributed by atoms with E-state index in [4.69, 9.17) is 28.3 Å². The molecular weight excluding hydrogens is 228 g/mol. The third-order valence-corrected chi connectivity index (χ3v) is 2.14. The fourth-order valence-corrected chi connectivity index (χ4v) is 1.41. The second-order valence-electron chi connectivity index (χ2n) is 2.98. The second-order valence-corrected chi connectivity index (χ2v) is 3.80. The summed E-state index contributed by atoms with van der Waals surface area (Å²) in [6, 6.07) is 2.84. The molecule has 0 radical (unpaired) electrons. The van der Waals surface area contributed by atoms with Gasteiger partial charge in [-0.2, -0.15) is 0 Å². The van der Waals surface area contributed by atoms with Crippen LogP contribution in [0.1, 0.15) is 6.92 Å². The molecule has 0 aliphatic rings. The maximum Gasteiger partial charge on any atom is 0.160 e. The van der Waals surface area contributed by atoms with Crippen molar-refractivity contribution in [3.8, 4) is 0 Å². The summed E-state index contributed by atoms with van der Waals surface area (Å²) in [5, 5.41) is 11.8. The molecule has 0 fully saturated rings. The Kier molecular flexibility index (Phi) is 3.98. The van der Waals surface area contributed by atoms with Crippen LogP contribution in [0.4, 0.5) is 10.1 Å². The molecule has 1 rings (SSSR count). The molecule has 5 heteroatoms. The summed E-state index contributed by atoms with van der Waals surface area (Å²) < 4.78 is 13.0. The molecule has 1 aromatic rings. The lowest BCUT2D eigenvalue weighted by molar-refractivity contribution is 0.208. The molecule has 0 amide bonds. The number of hydrogen-bond acceptors (Lipinski definition) is 2. The Morgan fingerprint density at radius 3 is 2.36 bits per heavy atom. The quantitative estimate of drug-likeness (QED) is 0.793. The largest absolute Gasteiger partial charge is 0.392 e. The van der Waals surface area contributed by atoms with Crippen LogP contribution in [0.25, 0.3) is 0 Å². The molecule has 0 heterocycles. The zero-order valence-corrected chi connectivity index (χ0v) is 9.03. The van der Waals surface area contributed by atoms with Crippen molar-refractivity contribution in [1.82, 2.24) is 0 Å². The minimum Gasteiger partial charge on any atom is -0.392 e. The van der Waals surface area contributed by atoms with Crippen molar-refractivity contribution < 1.29 is 9.50 Å². The topological polar surface area (TPSA) is 32.3 Å². The molecule has 0 aliphatic heterocycles. The van der Waals surface area contributed by atoms with Crippen LogP contribution in [0.15, 0.2) is 12.1 Å². The molecule has 0 bridgehead atoms. The van der Waals surface area contributed by atoms with Gasteiger partial charge in [-0.25, -0.2) is 4.39 Å². The van der Waals surface area contributed by atoms with Gasteiger partial charge >= 0.3 is 0 Å². The molecule has 0 saturated carbocycles. The van der Waals surface area contributed by atoms with E-state index in [0.29, 0.717) is 12.2 Å². The van der Waals surface area contributed by atoms with E-state index in [1.165, 1.54) is 12.1 Å². The number of aliphatic hydroxyl groups is 1. The zero-order chi connectivity index (χ0) is 10.7. The summed E-state index contributed by atoms with van der Waals surface area (Å²) in [6.45, 7) is 2.00. The molecule has 2 nitrogen and oxygen atoms in total. The Balaban J connectivity index is 2.79. The predicted octanol–water partition coefficient (Wildman–Crippen LogP) is 2.93. The number of hydrogen-bond donors (Lipinski definition) is 2. The van der Waals surface area contributed by atoms with Gasteiger partial charge in [0.2, 0.25) is 0 Å². The maximum atomic E-state index is 13.0. The first-order valence-corrected chi connectivity index (χ1v) is 4.82. The molecule has 1 aromatic carbocycles. The highest BCUT2D eigenvalue weighted by molar-refractivity contribution is 6.35. The maximum absolute atomic E-state index is 13.0. The molecule has 14 heavy (non-hydrogen) atoms. The lowest BCUT2D eigenvalue weighted by Crippen LogP contribution is -2.15. The summed E-state index contributed by atoms with van der Waals surface area (Å²) in [5.74, 6) is -0.629. The van der Waals surface area contributed by atoms with Crippen LogP contribution in [0.3, 0.4) is 0 Å². The molecule has 78 valence electrons. The number of halogens is 3. The second kappa shape index (κ2) is 4.82. The normalized spacial score (nSPS) is 12.6. The van der Waals surface area contributed by atoms with Gasteiger partial charge in [-0.05, 0) is 19.1 Å². The van der Waals surface area contributed by atoms with Gasteiger partial charge in [-0.15, -0.1) is 0 Å². The third kappa shape index (κ3) is 3.01. The van der Waals surface area contributed by atoms with Crippen LogP contribution in [-0.2, 0) is 0 Å². The van der Waals surface area contributed by atoms with E-state index in [-0.39, 0.29) is 10.0 Å². The summed E-state index contributed by atoms with van der Waals surface area (Å²) in [4.78, 5) is 0. The highest BCUT2D eigenvalue weighted by Crippen LogP contribution is 2.27. The molecule has 0 spiro atoms. The Labute approximate surface area is 91.6 Å². The average Bonchev–Trinajstić information content (AvgIpc) is 2.10. The lowest BCUT2D eigenvalue weighted by Gasteiger charge is -2.09. The highest BCUT2D eigenvalue weighted by Gasteiger charge is 2.07. The Bertz CT molecular complexity index is 308. The molecule has 0 unspecified atom stereocenters. The molecule has 2 N–H and O–H groups in total. The van der Waals surface area contributed by atoms with Gasteiger partial charge in [0.15, 0.2) is 5.82 Å². The monoisotopic (exact) mass is 237 g/mol. The number of rotatable bonds is 3. The summed E-state index contributed by atoms with van der Waals surface area (Å²) in [5.41, 5.74) is 0.585. The van der Waals surface area contributed by atoms with E-state index in [1.807, 2.05) is 0 Å². The smallest absolute Gasteiger partial charge is 0.160 e. The van der Waals surface area contributed by atoms with Crippen molar-refractivity contribution >= 4 is 28.9 Å². The number of aliphatic hydroxyl groups excluding tert-OH is 1. The molecular formula is C9H10Cl2FNO. The fraction of sp³-hybridized carbons (Fsp3) is 0.333. The third-order valence-electron chi connectivity index (χ3n) is 1.59. The van der Waals surface area contributed by atoms with Gasteiger partial charge in [-0.3, -0.25) is 0 Å². The van der Waals surface area contributed by atoms with Crippen molar-refractivity contribution in [3.63, 3.8) is 0 Å². The van der Waals surface area contributed by atoms with Crippen LogP contribution < -0.4 is 5.32 Å². The fourth-order valence-electron chi connectivity index (χ4n) is 0.923. The first kappa shape index (κ1) is 11.6. The van der Waals surface area contributed by atoms with E-state index in [0.717, 1.165) is 0 Å². The SMILES string of the molecule is C[C@@H](O)CNc1cc(Cl)c(F)c(Cl)c1. The number of nitrogens with one attached hydrogen (secondary N) is 1.